The molecule has 84 valence electrons. The van der Waals surface area contributed by atoms with E-state index in [0.29, 0.717) is 11.1 Å². The first-order valence-electron chi connectivity index (χ1n) is 4.79. The van der Waals surface area contributed by atoms with Crippen molar-refractivity contribution in [2.75, 3.05) is 7.05 Å². The van der Waals surface area contributed by atoms with Crippen LogP contribution in [0, 0.1) is 0 Å². The Bertz CT molecular complexity index is 543. The van der Waals surface area contributed by atoms with Crippen LogP contribution < -0.4 is 0 Å². The monoisotopic (exact) mass is 223 g/mol. The summed E-state index contributed by atoms with van der Waals surface area (Å²) in [4.78, 5) is 3.78. The van der Waals surface area contributed by atoms with Gasteiger partial charge in [-0.15, -0.1) is 0 Å². The van der Waals surface area contributed by atoms with Crippen molar-refractivity contribution >= 4 is 17.1 Å². The molecule has 0 fully saturated rings. The Morgan fingerprint density at radius 3 is 2.81 bits per heavy atom. The molecule has 1 heterocycles. The van der Waals surface area contributed by atoms with Crippen molar-refractivity contribution in [3.05, 3.63) is 29.5 Å². The quantitative estimate of drug-likeness (QED) is 0.719. The molecule has 5 heteroatoms. The summed E-state index contributed by atoms with van der Waals surface area (Å²) < 4.78 is 27.2. The van der Waals surface area contributed by atoms with Crippen LogP contribution in [0.1, 0.15) is 17.6 Å². The number of hydrogen-bond donors (Lipinski definition) is 0. The van der Waals surface area contributed by atoms with E-state index in [2.05, 4.69) is 10.1 Å². The van der Waals surface area contributed by atoms with E-state index < -0.39 is 6.43 Å². The summed E-state index contributed by atoms with van der Waals surface area (Å²) >= 11 is 0. The topological polar surface area (TPSA) is 30.2 Å². The molecule has 0 unspecified atom stereocenters. The average molecular weight is 223 g/mol. The molecule has 1 aromatic heterocycles. The Morgan fingerprint density at radius 1 is 1.44 bits per heavy atom. The largest absolute Gasteiger partial charge is 0.296 e. The molecule has 2 rings (SSSR count). The van der Waals surface area contributed by atoms with E-state index >= 15 is 0 Å². The number of aliphatic imine (C=N–C) groups is 1. The number of halogens is 2. The van der Waals surface area contributed by atoms with Crippen LogP contribution in [0.2, 0.25) is 0 Å². The lowest BCUT2D eigenvalue weighted by atomic mass is 10.1. The molecule has 16 heavy (non-hydrogen) atoms. The van der Waals surface area contributed by atoms with Gasteiger partial charge in [0, 0.05) is 43.0 Å². The van der Waals surface area contributed by atoms with Crippen molar-refractivity contribution in [3.8, 4) is 0 Å². The van der Waals surface area contributed by atoms with Gasteiger partial charge in [-0.3, -0.25) is 9.67 Å². The number of hydrogen-bond acceptors (Lipinski definition) is 2. The van der Waals surface area contributed by atoms with Gasteiger partial charge >= 0.3 is 0 Å². The molecule has 0 bridgehead atoms. The molecule has 0 N–H and O–H groups in total. The van der Waals surface area contributed by atoms with Crippen LogP contribution in [0.3, 0.4) is 0 Å². The molecule has 0 aliphatic heterocycles. The Kier molecular flexibility index (Phi) is 2.68. The van der Waals surface area contributed by atoms with Gasteiger partial charge in [-0.05, 0) is 12.1 Å². The molecule has 0 aliphatic rings. The van der Waals surface area contributed by atoms with Gasteiger partial charge in [0.05, 0.1) is 5.52 Å². The number of aromatic nitrogens is 2. The molecule has 0 radical (unpaired) electrons. The summed E-state index contributed by atoms with van der Waals surface area (Å²) in [5, 5.41) is 4.93. The molecule has 2 aromatic rings. The van der Waals surface area contributed by atoms with Gasteiger partial charge in [0.1, 0.15) is 0 Å². The minimum absolute atomic E-state index is 0.0307. The van der Waals surface area contributed by atoms with Crippen molar-refractivity contribution in [3.63, 3.8) is 0 Å². The second-order valence-electron chi connectivity index (χ2n) is 3.53. The van der Waals surface area contributed by atoms with Gasteiger partial charge in [0.25, 0.3) is 6.43 Å². The van der Waals surface area contributed by atoms with Crippen LogP contribution >= 0.6 is 0 Å². The Labute approximate surface area is 91.4 Å². The second kappa shape index (κ2) is 4.00. The SMILES string of the molecule is CN=Cc1cc2cn(C)nc2cc1C(F)F. The zero-order valence-electron chi connectivity index (χ0n) is 8.98. The summed E-state index contributed by atoms with van der Waals surface area (Å²) in [6, 6.07) is 3.09. The molecule has 0 saturated carbocycles. The number of benzene rings is 1. The maximum atomic E-state index is 12.8. The van der Waals surface area contributed by atoms with Crippen LogP contribution in [0.25, 0.3) is 10.9 Å². The Morgan fingerprint density at radius 2 is 2.19 bits per heavy atom. The van der Waals surface area contributed by atoms with Crippen molar-refractivity contribution in [2.45, 2.75) is 6.43 Å². The van der Waals surface area contributed by atoms with Crippen LogP contribution in [0.15, 0.2) is 23.3 Å². The van der Waals surface area contributed by atoms with E-state index in [1.165, 1.54) is 12.3 Å². The Balaban J connectivity index is 2.69. The predicted molar refractivity (Wildman–Crippen MR) is 59.2 cm³/mol. The zero-order valence-corrected chi connectivity index (χ0v) is 8.98. The highest BCUT2D eigenvalue weighted by atomic mass is 19.3. The molecule has 3 nitrogen and oxygen atoms in total. The first kappa shape index (κ1) is 10.7. The van der Waals surface area contributed by atoms with Crippen LogP contribution in [-0.4, -0.2) is 23.0 Å². The minimum Gasteiger partial charge on any atom is -0.296 e. The number of fused-ring (bicyclic) bond motifs is 1. The third kappa shape index (κ3) is 1.80. The first-order chi connectivity index (χ1) is 7.61. The maximum absolute atomic E-state index is 12.8. The van der Waals surface area contributed by atoms with Crippen molar-refractivity contribution in [1.29, 1.82) is 0 Å². The minimum atomic E-state index is -2.51. The number of rotatable bonds is 2. The Hall–Kier alpha value is -1.78. The lowest BCUT2D eigenvalue weighted by molar-refractivity contribution is 0.151. The van der Waals surface area contributed by atoms with E-state index in [4.69, 9.17) is 0 Å². The van der Waals surface area contributed by atoms with Gasteiger partial charge in [-0.2, -0.15) is 5.10 Å². The highest BCUT2D eigenvalue weighted by Crippen LogP contribution is 2.26. The lowest BCUT2D eigenvalue weighted by Crippen LogP contribution is -1.93. The summed E-state index contributed by atoms with van der Waals surface area (Å²) in [7, 11) is 3.32. The number of nitrogens with zero attached hydrogens (tertiary/aromatic N) is 3. The fourth-order valence-electron chi connectivity index (χ4n) is 1.67. The highest BCUT2D eigenvalue weighted by Gasteiger charge is 2.14. The third-order valence-corrected chi connectivity index (χ3v) is 2.33. The summed E-state index contributed by atoms with van der Waals surface area (Å²) in [6.07, 6.45) is 0.713. The van der Waals surface area contributed by atoms with Gasteiger partial charge in [0.15, 0.2) is 0 Å². The number of aryl methyl sites for hydroxylation is 1. The fourth-order valence-corrected chi connectivity index (χ4v) is 1.67. The van der Waals surface area contributed by atoms with Crippen molar-refractivity contribution in [1.82, 2.24) is 9.78 Å². The second-order valence-corrected chi connectivity index (χ2v) is 3.53. The fraction of sp³-hybridized carbons (Fsp3) is 0.273. The van der Waals surface area contributed by atoms with E-state index in [-0.39, 0.29) is 5.56 Å². The van der Waals surface area contributed by atoms with E-state index in [1.807, 2.05) is 0 Å². The van der Waals surface area contributed by atoms with Gasteiger partial charge in [0.2, 0.25) is 0 Å². The molecular weight excluding hydrogens is 212 g/mol. The summed E-state index contributed by atoms with van der Waals surface area (Å²) in [6.45, 7) is 0. The first-order valence-corrected chi connectivity index (χ1v) is 4.79. The van der Waals surface area contributed by atoms with E-state index in [0.717, 1.165) is 5.39 Å². The van der Waals surface area contributed by atoms with E-state index in [9.17, 15) is 8.78 Å². The molecule has 0 amide bonds. The predicted octanol–water partition coefficient (Wildman–Crippen LogP) is 2.56. The molecular formula is C11H11F2N3. The highest BCUT2D eigenvalue weighted by molar-refractivity contribution is 5.90. The number of alkyl halides is 2. The molecule has 0 aliphatic carbocycles. The summed E-state index contributed by atoms with van der Waals surface area (Å²) in [5.41, 5.74) is 0.987. The van der Waals surface area contributed by atoms with Gasteiger partial charge < -0.3 is 0 Å². The normalized spacial score (nSPS) is 12.1. The standard InChI is InChI=1S/C11H11F2N3/c1-14-5-7-3-8-6-16(2)15-10(8)4-9(7)11(12)13/h3-6,11H,1-2H3. The molecule has 0 atom stereocenters. The smallest absolute Gasteiger partial charge is 0.264 e. The molecule has 0 spiro atoms. The lowest BCUT2D eigenvalue weighted by Gasteiger charge is -2.04. The third-order valence-electron chi connectivity index (χ3n) is 2.33. The van der Waals surface area contributed by atoms with Crippen LogP contribution in [0.4, 0.5) is 8.78 Å². The van der Waals surface area contributed by atoms with E-state index in [1.54, 1.807) is 31.0 Å². The average Bonchev–Trinajstić information content (AvgIpc) is 2.56. The summed E-state index contributed by atoms with van der Waals surface area (Å²) in [5.74, 6) is 0. The van der Waals surface area contributed by atoms with Crippen LogP contribution in [0.5, 0.6) is 0 Å². The van der Waals surface area contributed by atoms with Gasteiger partial charge in [-0.1, -0.05) is 0 Å². The maximum Gasteiger partial charge on any atom is 0.264 e. The van der Waals surface area contributed by atoms with Crippen molar-refractivity contribution in [2.24, 2.45) is 12.0 Å². The molecule has 1 aromatic carbocycles. The van der Waals surface area contributed by atoms with Gasteiger partial charge in [-0.25, -0.2) is 8.78 Å². The molecule has 0 saturated heterocycles. The van der Waals surface area contributed by atoms with Crippen LogP contribution in [-0.2, 0) is 7.05 Å². The van der Waals surface area contributed by atoms with Crippen molar-refractivity contribution < 1.29 is 8.78 Å². The zero-order chi connectivity index (χ0) is 11.7.